The van der Waals surface area contributed by atoms with E-state index in [9.17, 15) is 20.0 Å². The number of halogens is 2. The van der Waals surface area contributed by atoms with Crippen molar-refractivity contribution in [3.05, 3.63) is 44.6 Å². The second-order valence-electron chi connectivity index (χ2n) is 6.21. The van der Waals surface area contributed by atoms with Crippen LogP contribution in [0, 0.1) is 10.1 Å². The molecule has 2 rings (SSSR count). The number of hydrogen-bond donors (Lipinski definition) is 2. The minimum absolute atomic E-state index is 0.00828. The second-order valence-corrected chi connectivity index (χ2v) is 7.05. The number of nitro groups is 1. The molecule has 1 heterocycles. The van der Waals surface area contributed by atoms with Crippen molar-refractivity contribution in [1.29, 1.82) is 0 Å². The molecule has 0 aliphatic carbocycles. The molecule has 1 aromatic carbocycles. The van der Waals surface area contributed by atoms with E-state index in [1.165, 1.54) is 18.2 Å². The average Bonchev–Trinajstić information content (AvgIpc) is 2.50. The van der Waals surface area contributed by atoms with Gasteiger partial charge in [0.15, 0.2) is 17.7 Å². The smallest absolute Gasteiger partial charge is 0.426 e. The largest absolute Gasteiger partial charge is 0.464 e. The van der Waals surface area contributed by atoms with E-state index in [0.29, 0.717) is 5.02 Å². The lowest BCUT2D eigenvalue weighted by molar-refractivity contribution is -0.389. The van der Waals surface area contributed by atoms with Gasteiger partial charge in [-0.15, -0.1) is 0 Å². The summed E-state index contributed by atoms with van der Waals surface area (Å²) >= 11 is 12.0. The first-order valence-corrected chi connectivity index (χ1v) is 8.03. The van der Waals surface area contributed by atoms with Crippen LogP contribution in [0.25, 0.3) is 11.3 Å². The summed E-state index contributed by atoms with van der Waals surface area (Å²) in [4.78, 5) is 29.9. The van der Waals surface area contributed by atoms with Crippen molar-refractivity contribution < 1.29 is 14.8 Å². The molecule has 0 bridgehead atoms. The summed E-state index contributed by atoms with van der Waals surface area (Å²) in [6, 6.07) is 4.40. The summed E-state index contributed by atoms with van der Waals surface area (Å²) in [5, 5.41) is 22.0. The highest BCUT2D eigenvalue weighted by atomic mass is 35.5. The maximum atomic E-state index is 11.4. The zero-order valence-corrected chi connectivity index (χ0v) is 15.5. The van der Waals surface area contributed by atoms with E-state index in [2.05, 4.69) is 15.4 Å². The van der Waals surface area contributed by atoms with Gasteiger partial charge in [-0.05, 0) is 48.9 Å². The van der Waals surface area contributed by atoms with E-state index in [-0.39, 0.29) is 22.1 Å². The van der Waals surface area contributed by atoms with Gasteiger partial charge in [0.1, 0.15) is 0 Å². The molecule has 0 fully saturated rings. The van der Waals surface area contributed by atoms with Gasteiger partial charge in [-0.3, -0.25) is 5.43 Å². The summed E-state index contributed by atoms with van der Waals surface area (Å²) in [6.07, 6.45) is -0.170. The van der Waals surface area contributed by atoms with Crippen LogP contribution >= 0.6 is 23.2 Å². The molecule has 0 aliphatic rings. The van der Waals surface area contributed by atoms with E-state index < -0.39 is 22.4 Å². The summed E-state index contributed by atoms with van der Waals surface area (Å²) in [6.45, 7) is 5.01. The number of aromatic nitrogens is 2. The average molecular weight is 400 g/mol. The molecule has 0 radical (unpaired) electrons. The summed E-state index contributed by atoms with van der Waals surface area (Å²) in [5.74, 6) is -0.508. The molecule has 26 heavy (non-hydrogen) atoms. The Balaban J connectivity index is 2.55. The zero-order valence-electron chi connectivity index (χ0n) is 14.0. The lowest BCUT2D eigenvalue weighted by Crippen LogP contribution is -2.48. The molecule has 138 valence electrons. The van der Waals surface area contributed by atoms with Gasteiger partial charge in [0.2, 0.25) is 0 Å². The Bertz CT molecular complexity index is 870. The van der Waals surface area contributed by atoms with Gasteiger partial charge in [-0.2, -0.15) is 0 Å². The minimum atomic E-state index is -1.25. The lowest BCUT2D eigenvalue weighted by atomic mass is 10.1. The maximum absolute atomic E-state index is 11.4. The van der Waals surface area contributed by atoms with E-state index in [0.717, 1.165) is 11.2 Å². The first kappa shape index (κ1) is 19.7. The Morgan fingerprint density at radius 1 is 1.35 bits per heavy atom. The normalized spacial score (nSPS) is 11.1. The first-order chi connectivity index (χ1) is 12.0. The number of benzene rings is 1. The van der Waals surface area contributed by atoms with Crippen molar-refractivity contribution in [2.75, 3.05) is 5.43 Å². The highest BCUT2D eigenvalue weighted by Crippen LogP contribution is 2.34. The van der Waals surface area contributed by atoms with Crippen molar-refractivity contribution in [2.24, 2.45) is 0 Å². The fraction of sp³-hybridized carbons (Fsp3) is 0.267. The Morgan fingerprint density at radius 3 is 2.50 bits per heavy atom. The molecule has 0 saturated carbocycles. The maximum Gasteiger partial charge on any atom is 0.426 e. The van der Waals surface area contributed by atoms with Gasteiger partial charge in [-0.1, -0.05) is 23.2 Å². The Hall–Kier alpha value is -2.65. The van der Waals surface area contributed by atoms with Crippen LogP contribution in [-0.4, -0.2) is 36.6 Å². The molecular formula is C15H15Cl2N5O4. The van der Waals surface area contributed by atoms with Gasteiger partial charge in [0.25, 0.3) is 0 Å². The monoisotopic (exact) mass is 399 g/mol. The molecule has 0 saturated heterocycles. The van der Waals surface area contributed by atoms with Crippen LogP contribution in [-0.2, 0) is 0 Å². The Morgan fingerprint density at radius 2 is 2.00 bits per heavy atom. The van der Waals surface area contributed by atoms with Crippen molar-refractivity contribution in [3.63, 3.8) is 0 Å². The molecular weight excluding hydrogens is 385 g/mol. The van der Waals surface area contributed by atoms with Crippen molar-refractivity contribution in [2.45, 2.75) is 26.3 Å². The van der Waals surface area contributed by atoms with E-state index >= 15 is 0 Å². The number of carboxylic acid groups (broad SMARTS) is 1. The van der Waals surface area contributed by atoms with Crippen LogP contribution in [0.4, 0.5) is 16.4 Å². The summed E-state index contributed by atoms with van der Waals surface area (Å²) in [7, 11) is 0. The van der Waals surface area contributed by atoms with E-state index in [1.807, 2.05) is 0 Å². The van der Waals surface area contributed by atoms with Gasteiger partial charge >= 0.3 is 11.9 Å². The van der Waals surface area contributed by atoms with Crippen LogP contribution in [0.15, 0.2) is 24.4 Å². The number of nitrogens with one attached hydrogen (secondary N) is 1. The van der Waals surface area contributed by atoms with E-state index in [4.69, 9.17) is 23.2 Å². The van der Waals surface area contributed by atoms with Crippen molar-refractivity contribution in [1.82, 2.24) is 15.0 Å². The van der Waals surface area contributed by atoms with Crippen LogP contribution in [0.5, 0.6) is 0 Å². The third-order valence-corrected chi connectivity index (χ3v) is 3.75. The second kappa shape index (κ2) is 7.30. The van der Waals surface area contributed by atoms with Crippen LogP contribution in [0.1, 0.15) is 20.8 Å². The van der Waals surface area contributed by atoms with E-state index in [1.54, 1.807) is 20.8 Å². The summed E-state index contributed by atoms with van der Waals surface area (Å²) in [5.41, 5.74) is 1.93. The third kappa shape index (κ3) is 4.30. The standard InChI is InChI=1S/C15H15Cl2N5O4/c1-15(2,3)21(14(23)24)20-11-7-18-13(22(25)26)12(19-11)9-5-4-8(16)6-10(9)17/h4-7H,1-3H3,(H,19,20)(H,23,24). The highest BCUT2D eigenvalue weighted by molar-refractivity contribution is 6.36. The quantitative estimate of drug-likeness (QED) is 0.574. The number of amides is 1. The Labute approximate surface area is 158 Å². The van der Waals surface area contributed by atoms with Crippen molar-refractivity contribution in [3.8, 4) is 11.3 Å². The molecule has 9 nitrogen and oxygen atoms in total. The molecule has 0 atom stereocenters. The fourth-order valence-corrected chi connectivity index (χ4v) is 2.55. The van der Waals surface area contributed by atoms with Gasteiger partial charge in [0.05, 0.1) is 10.6 Å². The highest BCUT2D eigenvalue weighted by Gasteiger charge is 2.29. The number of rotatable bonds is 4. The van der Waals surface area contributed by atoms with Crippen LogP contribution < -0.4 is 5.43 Å². The lowest BCUT2D eigenvalue weighted by Gasteiger charge is -2.32. The Kier molecular flexibility index (Phi) is 5.53. The van der Waals surface area contributed by atoms with Gasteiger partial charge < -0.3 is 15.2 Å². The molecule has 0 spiro atoms. The van der Waals surface area contributed by atoms with Gasteiger partial charge in [-0.25, -0.2) is 14.8 Å². The molecule has 2 N–H and O–H groups in total. The first-order valence-electron chi connectivity index (χ1n) is 7.27. The topological polar surface area (TPSA) is 121 Å². The van der Waals surface area contributed by atoms with Crippen LogP contribution in [0.2, 0.25) is 10.0 Å². The van der Waals surface area contributed by atoms with Crippen molar-refractivity contribution >= 4 is 40.9 Å². The molecule has 2 aromatic rings. The number of nitrogens with zero attached hydrogens (tertiary/aromatic N) is 4. The van der Waals surface area contributed by atoms with Crippen LogP contribution in [0.3, 0.4) is 0 Å². The number of anilines is 1. The molecule has 11 heteroatoms. The fourth-order valence-electron chi connectivity index (χ4n) is 2.05. The molecule has 0 unspecified atom stereocenters. The summed E-state index contributed by atoms with van der Waals surface area (Å²) < 4.78 is 0. The number of carbonyl (C=O) groups is 1. The number of hydrogen-bond acceptors (Lipinski definition) is 6. The number of hydrazine groups is 1. The zero-order chi connectivity index (χ0) is 19.6. The predicted octanol–water partition coefficient (Wildman–Crippen LogP) is 4.46. The minimum Gasteiger partial charge on any atom is -0.464 e. The third-order valence-electron chi connectivity index (χ3n) is 3.20. The molecule has 0 aliphatic heterocycles. The molecule has 1 amide bonds. The molecule has 1 aromatic heterocycles. The SMILES string of the molecule is CC(C)(C)N(Nc1cnc([N+](=O)[O-])c(-c2ccc(Cl)cc2Cl)n1)C(=O)O. The predicted molar refractivity (Wildman–Crippen MR) is 97.4 cm³/mol. The van der Waals surface area contributed by atoms with Gasteiger partial charge in [0, 0.05) is 10.6 Å².